The summed E-state index contributed by atoms with van der Waals surface area (Å²) in [7, 11) is 0. The molecule has 218 valence electrons. The van der Waals surface area contributed by atoms with Crippen LogP contribution in [0.5, 0.6) is 0 Å². The smallest absolute Gasteiger partial charge is 0.0781 e. The van der Waals surface area contributed by atoms with Gasteiger partial charge in [0.05, 0.1) is 22.8 Å². The van der Waals surface area contributed by atoms with Crippen molar-refractivity contribution in [3.8, 4) is 11.1 Å². The number of aliphatic imine (C=N–C) groups is 2. The van der Waals surface area contributed by atoms with Crippen molar-refractivity contribution in [2.75, 3.05) is 0 Å². The topological polar surface area (TPSA) is 24.7 Å². The van der Waals surface area contributed by atoms with Crippen molar-refractivity contribution in [3.05, 3.63) is 191 Å². The predicted octanol–water partition coefficient (Wildman–Crippen LogP) is 11.0. The normalized spacial score (nSPS) is 12.4. The third-order valence-corrected chi connectivity index (χ3v) is 8.53. The summed E-state index contributed by atoms with van der Waals surface area (Å²) in [5.74, 6) is 0. The molecule has 45 heavy (non-hydrogen) atoms. The molecule has 0 fully saturated rings. The standard InChI is InChI=1S/C43H36N2/c1-6-16-32(17-7-1)42(33-18-8-2-9-19-33)44-38-26-28-40-36(30-38)24-14-5-15-25-37-31-39(27-29-41(37)40)45-43(34-20-10-3-11-21-34)35-22-12-4-13-23-35/h1-4,6-13,16-23,26-31H,5,14-15,24-25H2. The number of aryl methyl sites for hydroxylation is 2. The van der Waals surface area contributed by atoms with Gasteiger partial charge >= 0.3 is 0 Å². The fourth-order valence-corrected chi connectivity index (χ4v) is 6.28. The van der Waals surface area contributed by atoms with E-state index in [2.05, 4.69) is 158 Å². The lowest BCUT2D eigenvalue weighted by Crippen LogP contribution is -2.03. The third-order valence-electron chi connectivity index (χ3n) is 8.53. The number of nitrogens with zero attached hydrogens (tertiary/aromatic N) is 2. The van der Waals surface area contributed by atoms with Gasteiger partial charge in [-0.05, 0) is 72.2 Å². The van der Waals surface area contributed by atoms with Crippen molar-refractivity contribution in [3.63, 3.8) is 0 Å². The van der Waals surface area contributed by atoms with E-state index in [1.54, 1.807) is 0 Å². The number of hydrogen-bond donors (Lipinski definition) is 0. The van der Waals surface area contributed by atoms with Crippen LogP contribution in [0.3, 0.4) is 0 Å². The average Bonchev–Trinajstić information content (AvgIpc) is 3.19. The lowest BCUT2D eigenvalue weighted by molar-refractivity contribution is 0.683. The fraction of sp³-hybridized carbons (Fsp3) is 0.116. The second-order valence-electron chi connectivity index (χ2n) is 11.6. The van der Waals surface area contributed by atoms with Gasteiger partial charge in [-0.2, -0.15) is 0 Å². The van der Waals surface area contributed by atoms with Gasteiger partial charge in [-0.3, -0.25) is 0 Å². The second kappa shape index (κ2) is 13.5. The van der Waals surface area contributed by atoms with Gasteiger partial charge in [-0.25, -0.2) is 9.98 Å². The van der Waals surface area contributed by atoms with Crippen molar-refractivity contribution in [2.45, 2.75) is 32.1 Å². The van der Waals surface area contributed by atoms with Crippen LogP contribution in [0.25, 0.3) is 11.1 Å². The lowest BCUT2D eigenvalue weighted by atomic mass is 9.92. The minimum absolute atomic E-state index is 0.994. The SMILES string of the molecule is c1ccc(C(=Nc2ccc3c(c2)CCCCCc2cc(N=C(c4ccccc4)c4ccccc4)ccc2-3)c2ccccc2)cc1. The maximum atomic E-state index is 5.24. The molecule has 0 saturated heterocycles. The van der Waals surface area contributed by atoms with E-state index in [0.29, 0.717) is 0 Å². The molecule has 0 spiro atoms. The van der Waals surface area contributed by atoms with Crippen molar-refractivity contribution in [1.29, 1.82) is 0 Å². The van der Waals surface area contributed by atoms with E-state index in [1.165, 1.54) is 41.5 Å². The Morgan fingerprint density at radius 2 is 0.689 bits per heavy atom. The molecule has 1 aliphatic carbocycles. The zero-order chi connectivity index (χ0) is 30.3. The number of benzene rings is 6. The highest BCUT2D eigenvalue weighted by Gasteiger charge is 2.16. The van der Waals surface area contributed by atoms with Crippen LogP contribution in [0.15, 0.2) is 168 Å². The van der Waals surface area contributed by atoms with Crippen LogP contribution in [-0.4, -0.2) is 11.4 Å². The number of fused-ring (bicyclic) bond motifs is 3. The molecule has 0 N–H and O–H groups in total. The molecule has 7 rings (SSSR count). The van der Waals surface area contributed by atoms with Gasteiger partial charge in [0.15, 0.2) is 0 Å². The molecule has 0 amide bonds. The molecule has 0 radical (unpaired) electrons. The molecule has 0 aliphatic heterocycles. The van der Waals surface area contributed by atoms with E-state index in [-0.39, 0.29) is 0 Å². The molecular formula is C43H36N2. The van der Waals surface area contributed by atoms with Gasteiger partial charge in [0.1, 0.15) is 0 Å². The minimum Gasteiger partial charge on any atom is -0.248 e. The monoisotopic (exact) mass is 580 g/mol. The molecule has 2 nitrogen and oxygen atoms in total. The molecule has 2 heteroatoms. The maximum absolute atomic E-state index is 5.24. The lowest BCUT2D eigenvalue weighted by Gasteiger charge is -2.15. The fourth-order valence-electron chi connectivity index (χ4n) is 6.28. The van der Waals surface area contributed by atoms with E-state index < -0.39 is 0 Å². The van der Waals surface area contributed by atoms with Crippen molar-refractivity contribution >= 4 is 22.8 Å². The van der Waals surface area contributed by atoms with Gasteiger partial charge in [0.2, 0.25) is 0 Å². The summed E-state index contributed by atoms with van der Waals surface area (Å²) in [5, 5.41) is 0. The molecule has 0 saturated carbocycles. The van der Waals surface area contributed by atoms with E-state index in [4.69, 9.17) is 9.98 Å². The van der Waals surface area contributed by atoms with Gasteiger partial charge < -0.3 is 0 Å². The van der Waals surface area contributed by atoms with Gasteiger partial charge in [-0.15, -0.1) is 0 Å². The molecular weight excluding hydrogens is 544 g/mol. The first kappa shape index (κ1) is 28.4. The van der Waals surface area contributed by atoms with Crippen LogP contribution in [0.4, 0.5) is 11.4 Å². The Labute approximate surface area is 266 Å². The maximum Gasteiger partial charge on any atom is 0.0781 e. The molecule has 0 aromatic heterocycles. The largest absolute Gasteiger partial charge is 0.248 e. The van der Waals surface area contributed by atoms with Gasteiger partial charge in [-0.1, -0.05) is 140 Å². The van der Waals surface area contributed by atoms with Crippen molar-refractivity contribution < 1.29 is 0 Å². The summed E-state index contributed by atoms with van der Waals surface area (Å²) in [4.78, 5) is 10.5. The number of hydrogen-bond acceptors (Lipinski definition) is 2. The first-order chi connectivity index (χ1) is 22.3. The highest BCUT2D eigenvalue weighted by Crippen LogP contribution is 2.36. The van der Waals surface area contributed by atoms with Crippen molar-refractivity contribution in [1.82, 2.24) is 0 Å². The molecule has 6 aromatic carbocycles. The van der Waals surface area contributed by atoms with Gasteiger partial charge in [0.25, 0.3) is 0 Å². The molecule has 0 bridgehead atoms. The number of rotatable bonds is 6. The molecule has 0 atom stereocenters. The van der Waals surface area contributed by atoms with Gasteiger partial charge in [0, 0.05) is 22.3 Å². The highest BCUT2D eigenvalue weighted by atomic mass is 14.8. The van der Waals surface area contributed by atoms with E-state index in [9.17, 15) is 0 Å². The summed E-state index contributed by atoms with van der Waals surface area (Å²) in [5.41, 5.74) is 13.8. The van der Waals surface area contributed by atoms with Crippen LogP contribution in [0.2, 0.25) is 0 Å². The Kier molecular flexibility index (Phi) is 8.55. The minimum atomic E-state index is 0.994. The van der Waals surface area contributed by atoms with E-state index >= 15 is 0 Å². The first-order valence-electron chi connectivity index (χ1n) is 16.0. The molecule has 6 aromatic rings. The average molecular weight is 581 g/mol. The Hall–Kier alpha value is -5.34. The second-order valence-corrected chi connectivity index (χ2v) is 11.6. The quantitative estimate of drug-likeness (QED) is 0.175. The predicted molar refractivity (Wildman–Crippen MR) is 190 cm³/mol. The van der Waals surface area contributed by atoms with Crippen LogP contribution in [0.1, 0.15) is 52.6 Å². The highest BCUT2D eigenvalue weighted by molar-refractivity contribution is 6.14. The van der Waals surface area contributed by atoms with Crippen LogP contribution in [-0.2, 0) is 12.8 Å². The summed E-state index contributed by atoms with van der Waals surface area (Å²) < 4.78 is 0. The first-order valence-corrected chi connectivity index (χ1v) is 16.0. The summed E-state index contributed by atoms with van der Waals surface area (Å²) in [6.07, 6.45) is 5.66. The summed E-state index contributed by atoms with van der Waals surface area (Å²) in [6, 6.07) is 55.5. The Morgan fingerprint density at radius 1 is 0.356 bits per heavy atom. The van der Waals surface area contributed by atoms with Crippen LogP contribution in [0, 0.1) is 0 Å². The zero-order valence-electron chi connectivity index (χ0n) is 25.4. The zero-order valence-corrected chi connectivity index (χ0v) is 25.4. The third kappa shape index (κ3) is 6.61. The molecule has 0 unspecified atom stereocenters. The van der Waals surface area contributed by atoms with Crippen LogP contribution >= 0.6 is 0 Å². The summed E-state index contributed by atoms with van der Waals surface area (Å²) >= 11 is 0. The Balaban J connectivity index is 1.29. The van der Waals surface area contributed by atoms with E-state index in [0.717, 1.165) is 57.9 Å². The Bertz CT molecular complexity index is 1710. The summed E-state index contributed by atoms with van der Waals surface area (Å²) in [6.45, 7) is 0. The van der Waals surface area contributed by atoms with Crippen LogP contribution < -0.4 is 0 Å². The molecule has 1 aliphatic rings. The van der Waals surface area contributed by atoms with E-state index in [1.807, 2.05) is 0 Å². The Morgan fingerprint density at radius 3 is 1.02 bits per heavy atom. The molecule has 0 heterocycles. The van der Waals surface area contributed by atoms with Crippen molar-refractivity contribution in [2.24, 2.45) is 9.98 Å².